The summed E-state index contributed by atoms with van der Waals surface area (Å²) in [5, 5.41) is 7.11. The van der Waals surface area contributed by atoms with E-state index >= 15 is 0 Å². The van der Waals surface area contributed by atoms with Gasteiger partial charge in [-0.05, 0) is 37.0 Å². The molecule has 0 spiro atoms. The van der Waals surface area contributed by atoms with Crippen molar-refractivity contribution in [3.05, 3.63) is 77.7 Å². The molecule has 0 aliphatic carbocycles. The molecular formula is C31H42N4O5S. The fourth-order valence-electron chi connectivity index (χ4n) is 5.37. The van der Waals surface area contributed by atoms with Crippen LogP contribution in [0, 0.1) is 0 Å². The Morgan fingerprint density at radius 3 is 2.22 bits per heavy atom. The molecule has 4 rings (SSSR count). The van der Waals surface area contributed by atoms with E-state index in [9.17, 15) is 18.0 Å². The fourth-order valence-corrected chi connectivity index (χ4v) is 6.46. The Hall–Kier alpha value is -3.21. The van der Waals surface area contributed by atoms with Crippen LogP contribution in [0.2, 0.25) is 0 Å². The number of piperidine rings is 1. The summed E-state index contributed by atoms with van der Waals surface area (Å²) in [4.78, 5) is 31.3. The van der Waals surface area contributed by atoms with E-state index in [4.69, 9.17) is 4.74 Å². The highest BCUT2D eigenvalue weighted by Crippen LogP contribution is 2.18. The van der Waals surface area contributed by atoms with E-state index in [1.54, 1.807) is 35.2 Å². The maximum atomic E-state index is 13.6. The van der Waals surface area contributed by atoms with E-state index in [1.807, 2.05) is 37.3 Å². The van der Waals surface area contributed by atoms with E-state index in [2.05, 4.69) is 15.5 Å². The Balaban J connectivity index is 1.41. The number of benzene rings is 2. The fraction of sp³-hybridized carbons (Fsp3) is 0.484. The van der Waals surface area contributed by atoms with Gasteiger partial charge in [-0.15, -0.1) is 0 Å². The Morgan fingerprint density at radius 2 is 1.59 bits per heavy atom. The summed E-state index contributed by atoms with van der Waals surface area (Å²) in [6.45, 7) is 6.60. The molecule has 2 aliphatic rings. The van der Waals surface area contributed by atoms with E-state index in [0.29, 0.717) is 32.0 Å². The lowest BCUT2D eigenvalue weighted by Crippen LogP contribution is -2.56. The molecule has 2 aliphatic heterocycles. The molecule has 0 aromatic heterocycles. The van der Waals surface area contributed by atoms with Gasteiger partial charge in [0.05, 0.1) is 18.1 Å². The maximum absolute atomic E-state index is 13.6. The van der Waals surface area contributed by atoms with Crippen molar-refractivity contribution in [1.82, 2.24) is 20.4 Å². The smallest absolute Gasteiger partial charge is 0.318 e. The van der Waals surface area contributed by atoms with E-state index in [0.717, 1.165) is 56.5 Å². The van der Waals surface area contributed by atoms with Gasteiger partial charge in [0.1, 0.15) is 6.04 Å². The first-order chi connectivity index (χ1) is 19.9. The highest BCUT2D eigenvalue weighted by molar-refractivity contribution is 7.94. The normalized spacial score (nSPS) is 18.6. The lowest BCUT2D eigenvalue weighted by atomic mass is 10.0. The van der Waals surface area contributed by atoms with Gasteiger partial charge < -0.3 is 20.3 Å². The third-order valence-corrected chi connectivity index (χ3v) is 9.14. The number of nitrogens with zero attached hydrogens (tertiary/aromatic N) is 2. The number of ether oxygens (including phenoxy) is 1. The second-order valence-electron chi connectivity index (χ2n) is 10.6. The van der Waals surface area contributed by atoms with Gasteiger partial charge in [-0.1, -0.05) is 68.0 Å². The largest absolute Gasteiger partial charge is 0.379 e. The molecule has 10 heteroatoms. The van der Waals surface area contributed by atoms with Crippen molar-refractivity contribution in [2.75, 3.05) is 39.4 Å². The zero-order valence-corrected chi connectivity index (χ0v) is 24.6. The summed E-state index contributed by atoms with van der Waals surface area (Å²) >= 11 is 0. The van der Waals surface area contributed by atoms with E-state index in [-0.39, 0.29) is 16.8 Å². The van der Waals surface area contributed by atoms with Crippen LogP contribution >= 0.6 is 0 Å². The average molecular weight is 583 g/mol. The first kappa shape index (κ1) is 30.7. The molecule has 2 atom stereocenters. The Labute approximate surface area is 243 Å². The van der Waals surface area contributed by atoms with Crippen molar-refractivity contribution in [2.24, 2.45) is 0 Å². The van der Waals surface area contributed by atoms with Crippen molar-refractivity contribution in [2.45, 2.75) is 62.0 Å². The zero-order chi connectivity index (χ0) is 29.1. The molecule has 2 N–H and O–H groups in total. The quantitative estimate of drug-likeness (QED) is 0.421. The monoisotopic (exact) mass is 582 g/mol. The minimum absolute atomic E-state index is 0.199. The third-order valence-electron chi connectivity index (χ3n) is 7.70. The molecule has 2 saturated heterocycles. The number of hydrogen-bond donors (Lipinski definition) is 2. The molecule has 222 valence electrons. The summed E-state index contributed by atoms with van der Waals surface area (Å²) in [5.74, 6) is -0.342. The van der Waals surface area contributed by atoms with Crippen LogP contribution in [0.3, 0.4) is 0 Å². The third kappa shape index (κ3) is 9.14. The molecule has 9 nitrogen and oxygen atoms in total. The molecule has 0 bridgehead atoms. The maximum Gasteiger partial charge on any atom is 0.318 e. The van der Waals surface area contributed by atoms with Gasteiger partial charge in [0.2, 0.25) is 5.91 Å². The number of morpholine rings is 1. The highest BCUT2D eigenvalue weighted by Gasteiger charge is 2.30. The summed E-state index contributed by atoms with van der Waals surface area (Å²) in [5.41, 5.74) is 0.924. The number of amides is 3. The molecule has 3 amide bonds. The molecule has 0 unspecified atom stereocenters. The van der Waals surface area contributed by atoms with Crippen molar-refractivity contribution < 1.29 is 22.7 Å². The van der Waals surface area contributed by atoms with Gasteiger partial charge in [-0.3, -0.25) is 9.69 Å². The van der Waals surface area contributed by atoms with Gasteiger partial charge >= 0.3 is 6.03 Å². The summed E-state index contributed by atoms with van der Waals surface area (Å²) < 4.78 is 31.0. The number of carbonyl (C=O) groups is 2. The summed E-state index contributed by atoms with van der Waals surface area (Å²) in [7, 11) is -3.64. The number of urea groups is 1. The zero-order valence-electron chi connectivity index (χ0n) is 23.8. The molecule has 2 fully saturated rings. The lowest BCUT2D eigenvalue weighted by molar-refractivity contribution is -0.123. The minimum atomic E-state index is -3.64. The first-order valence-corrected chi connectivity index (χ1v) is 16.1. The molecule has 0 radical (unpaired) electrons. The van der Waals surface area contributed by atoms with Crippen LogP contribution in [0.5, 0.6) is 0 Å². The van der Waals surface area contributed by atoms with Crippen molar-refractivity contribution in [3.8, 4) is 0 Å². The van der Waals surface area contributed by atoms with Crippen molar-refractivity contribution in [3.63, 3.8) is 0 Å². The van der Waals surface area contributed by atoms with Crippen LogP contribution < -0.4 is 10.6 Å². The van der Waals surface area contributed by atoms with Crippen LogP contribution in [0.4, 0.5) is 4.79 Å². The Morgan fingerprint density at radius 1 is 0.951 bits per heavy atom. The highest BCUT2D eigenvalue weighted by atomic mass is 32.2. The van der Waals surface area contributed by atoms with E-state index < -0.39 is 21.9 Å². The number of nitrogens with one attached hydrogen (secondary N) is 2. The SMILES string of the molecule is CCC[C@@H](/C=C\S(=O)(=O)c1ccccc1)NC(=O)[C@H](Cc1ccccc1)NC(=O)N1CCC(N2CCOCC2)CC1. The average Bonchev–Trinajstić information content (AvgIpc) is 3.01. The van der Waals surface area contributed by atoms with Crippen LogP contribution in [0.25, 0.3) is 0 Å². The predicted octanol–water partition coefficient (Wildman–Crippen LogP) is 3.38. The molecule has 2 aromatic rings. The molecular weight excluding hydrogens is 540 g/mol. The molecule has 0 saturated carbocycles. The standard InChI is InChI=1S/C31H42N4O5S/c1-2-9-26(16-23-41(38,39)28-12-7-4-8-13-28)32-30(36)29(24-25-10-5-3-6-11-25)33-31(37)35-17-14-27(15-18-35)34-19-21-40-22-20-34/h3-8,10-13,16,23,26-27,29H,2,9,14-15,17-22,24H2,1H3,(H,32,36)(H,33,37)/b23-16-/t26-,29-/m0/s1. The Bertz CT molecular complexity index is 1240. The second kappa shape index (κ2) is 15.1. The summed E-state index contributed by atoms with van der Waals surface area (Å²) in [6.07, 6.45) is 4.95. The first-order valence-electron chi connectivity index (χ1n) is 14.6. The number of hydrogen-bond acceptors (Lipinski definition) is 6. The van der Waals surface area contributed by atoms with Gasteiger partial charge in [-0.25, -0.2) is 13.2 Å². The minimum Gasteiger partial charge on any atom is -0.379 e. The number of likely N-dealkylation sites (tertiary alicyclic amines) is 1. The lowest BCUT2D eigenvalue weighted by Gasteiger charge is -2.40. The Kier molecular flexibility index (Phi) is 11.4. The van der Waals surface area contributed by atoms with Crippen LogP contribution in [0.15, 0.2) is 77.0 Å². The van der Waals surface area contributed by atoms with Gasteiger partial charge in [0.15, 0.2) is 9.84 Å². The predicted molar refractivity (Wildman–Crippen MR) is 159 cm³/mol. The second-order valence-corrected chi connectivity index (χ2v) is 12.5. The van der Waals surface area contributed by atoms with Gasteiger partial charge in [-0.2, -0.15) is 0 Å². The molecule has 2 heterocycles. The van der Waals surface area contributed by atoms with E-state index in [1.165, 1.54) is 6.08 Å². The van der Waals surface area contributed by atoms with Crippen LogP contribution in [-0.2, 0) is 25.8 Å². The van der Waals surface area contributed by atoms with Gasteiger partial charge in [0.25, 0.3) is 0 Å². The van der Waals surface area contributed by atoms with Gasteiger partial charge in [0, 0.05) is 50.1 Å². The van der Waals surface area contributed by atoms with Crippen LogP contribution in [-0.4, -0.2) is 87.7 Å². The summed E-state index contributed by atoms with van der Waals surface area (Å²) in [6, 6.07) is 16.7. The number of sulfone groups is 1. The molecule has 2 aromatic carbocycles. The topological polar surface area (TPSA) is 108 Å². The van der Waals surface area contributed by atoms with Crippen molar-refractivity contribution in [1.29, 1.82) is 0 Å². The van der Waals surface area contributed by atoms with Crippen LogP contribution in [0.1, 0.15) is 38.2 Å². The number of carbonyl (C=O) groups excluding carboxylic acids is 2. The molecule has 41 heavy (non-hydrogen) atoms. The number of rotatable bonds is 11. The van der Waals surface area contributed by atoms with Crippen molar-refractivity contribution >= 4 is 21.8 Å².